The summed E-state index contributed by atoms with van der Waals surface area (Å²) in [6.45, 7) is 15.2. The molecule has 1 aromatic heterocycles. The first kappa shape index (κ1) is 24.6. The molecule has 30 heavy (non-hydrogen) atoms. The van der Waals surface area contributed by atoms with E-state index in [1.54, 1.807) is 12.1 Å². The molecule has 0 aliphatic carbocycles. The van der Waals surface area contributed by atoms with Gasteiger partial charge in [-0.25, -0.2) is 9.78 Å². The number of hydrogen-bond acceptors (Lipinski definition) is 4. The average Bonchev–Trinajstić information content (AvgIpc) is 3.07. The number of nitrogens with zero attached hydrogens (tertiary/aromatic N) is 1. The standard InChI is InChI=1S/C23H35ClN2O3Si/c1-9-14(2)21-25-18(20(24)26-21)17(19(23(3,4)5)29-30(7)8)15-10-12-16(13-11-15)22(27)28-6/h10-14,17,19,30H,9H2,1-8H3,(H,25,26). The number of esters is 1. The molecule has 0 saturated heterocycles. The van der Waals surface area contributed by atoms with Gasteiger partial charge in [0.25, 0.3) is 0 Å². The van der Waals surface area contributed by atoms with Gasteiger partial charge in [-0.15, -0.1) is 0 Å². The van der Waals surface area contributed by atoms with Crippen LogP contribution in [0.25, 0.3) is 0 Å². The zero-order valence-corrected chi connectivity index (χ0v) is 21.3. The van der Waals surface area contributed by atoms with E-state index in [4.69, 9.17) is 20.8 Å². The molecule has 0 radical (unpaired) electrons. The lowest BCUT2D eigenvalue weighted by molar-refractivity contribution is 0.0600. The summed E-state index contributed by atoms with van der Waals surface area (Å²) >= 11 is 6.66. The molecule has 0 saturated carbocycles. The van der Waals surface area contributed by atoms with Crippen LogP contribution >= 0.6 is 11.6 Å². The van der Waals surface area contributed by atoms with E-state index in [1.807, 2.05) is 12.1 Å². The molecule has 0 fully saturated rings. The number of aromatic amines is 1. The van der Waals surface area contributed by atoms with Gasteiger partial charge in [-0.3, -0.25) is 0 Å². The third kappa shape index (κ3) is 5.74. The number of methoxy groups -OCH3 is 1. The molecular formula is C23H35ClN2O3Si. The molecule has 3 unspecified atom stereocenters. The third-order valence-corrected chi connectivity index (χ3v) is 6.49. The first-order valence-electron chi connectivity index (χ1n) is 10.6. The van der Waals surface area contributed by atoms with Crippen molar-refractivity contribution in [3.05, 3.63) is 52.1 Å². The Morgan fingerprint density at radius 2 is 1.83 bits per heavy atom. The maximum absolute atomic E-state index is 11.9. The van der Waals surface area contributed by atoms with Crippen LogP contribution in [0.3, 0.4) is 0 Å². The largest absolute Gasteiger partial charge is 0.465 e. The molecular weight excluding hydrogens is 416 g/mol. The molecule has 7 heteroatoms. The van der Waals surface area contributed by atoms with Gasteiger partial charge in [0.05, 0.1) is 30.4 Å². The maximum Gasteiger partial charge on any atom is 0.337 e. The second-order valence-corrected chi connectivity index (χ2v) is 11.9. The zero-order valence-electron chi connectivity index (χ0n) is 19.4. The molecule has 0 amide bonds. The van der Waals surface area contributed by atoms with Gasteiger partial charge in [0, 0.05) is 5.92 Å². The summed E-state index contributed by atoms with van der Waals surface area (Å²) < 4.78 is 11.4. The second kappa shape index (κ2) is 10.1. The smallest absolute Gasteiger partial charge is 0.337 e. The first-order chi connectivity index (χ1) is 14.0. The number of benzene rings is 1. The van der Waals surface area contributed by atoms with Crippen molar-refractivity contribution in [1.82, 2.24) is 9.97 Å². The predicted octanol–water partition coefficient (Wildman–Crippen LogP) is 5.91. The lowest BCUT2D eigenvalue weighted by atomic mass is 9.77. The molecule has 2 rings (SSSR count). The predicted molar refractivity (Wildman–Crippen MR) is 125 cm³/mol. The van der Waals surface area contributed by atoms with E-state index in [0.29, 0.717) is 10.7 Å². The number of nitrogens with one attached hydrogen (secondary N) is 1. The van der Waals surface area contributed by atoms with Crippen LogP contribution in [0.4, 0.5) is 0 Å². The Balaban J connectivity index is 2.63. The molecule has 3 atom stereocenters. The summed E-state index contributed by atoms with van der Waals surface area (Å²) in [7, 11) is 0.0367. The molecule has 1 aromatic carbocycles. The normalized spacial score (nSPS) is 15.1. The van der Waals surface area contributed by atoms with Crippen LogP contribution in [-0.4, -0.2) is 38.2 Å². The minimum Gasteiger partial charge on any atom is -0.465 e. The van der Waals surface area contributed by atoms with Crippen molar-refractivity contribution in [2.75, 3.05) is 7.11 Å². The maximum atomic E-state index is 11.9. The van der Waals surface area contributed by atoms with Gasteiger partial charge in [-0.1, -0.05) is 58.4 Å². The van der Waals surface area contributed by atoms with Gasteiger partial charge in [0.1, 0.15) is 5.82 Å². The number of aromatic nitrogens is 2. The molecule has 0 bridgehead atoms. The number of carbonyl (C=O) groups is 1. The van der Waals surface area contributed by atoms with Crippen molar-refractivity contribution < 1.29 is 14.0 Å². The van der Waals surface area contributed by atoms with E-state index < -0.39 is 9.04 Å². The van der Waals surface area contributed by atoms with Crippen LogP contribution in [0.1, 0.15) is 80.3 Å². The highest BCUT2D eigenvalue weighted by atomic mass is 35.5. The van der Waals surface area contributed by atoms with Crippen molar-refractivity contribution in [3.63, 3.8) is 0 Å². The Kier molecular flexibility index (Phi) is 8.31. The molecule has 1 heterocycles. The quantitative estimate of drug-likeness (QED) is 0.401. The highest BCUT2D eigenvalue weighted by molar-refractivity contribution is 6.48. The first-order valence-corrected chi connectivity index (χ1v) is 13.7. The summed E-state index contributed by atoms with van der Waals surface area (Å²) in [6, 6.07) is 7.50. The zero-order chi connectivity index (χ0) is 22.6. The Labute approximate surface area is 187 Å². The van der Waals surface area contributed by atoms with Gasteiger partial charge < -0.3 is 14.1 Å². The van der Waals surface area contributed by atoms with Crippen molar-refractivity contribution in [2.24, 2.45) is 5.41 Å². The highest BCUT2D eigenvalue weighted by Crippen LogP contribution is 2.41. The molecule has 0 aliphatic heterocycles. The van der Waals surface area contributed by atoms with Gasteiger partial charge in [0.2, 0.25) is 0 Å². The van der Waals surface area contributed by atoms with E-state index in [0.717, 1.165) is 23.5 Å². The summed E-state index contributed by atoms with van der Waals surface area (Å²) in [4.78, 5) is 20.0. The lowest BCUT2D eigenvalue weighted by Crippen LogP contribution is -2.39. The summed E-state index contributed by atoms with van der Waals surface area (Å²) in [5.41, 5.74) is 2.28. The Morgan fingerprint density at radius 1 is 1.23 bits per heavy atom. The topological polar surface area (TPSA) is 64.2 Å². The van der Waals surface area contributed by atoms with Gasteiger partial charge in [-0.2, -0.15) is 0 Å². The van der Waals surface area contributed by atoms with E-state index in [-0.39, 0.29) is 29.3 Å². The fourth-order valence-corrected chi connectivity index (χ4v) is 4.94. The molecule has 0 aliphatic rings. The molecule has 5 nitrogen and oxygen atoms in total. The number of hydrogen-bond donors (Lipinski definition) is 1. The van der Waals surface area contributed by atoms with Gasteiger partial charge >= 0.3 is 5.97 Å². The summed E-state index contributed by atoms with van der Waals surface area (Å²) in [5, 5.41) is 0.482. The highest BCUT2D eigenvalue weighted by Gasteiger charge is 2.38. The van der Waals surface area contributed by atoms with Crippen molar-refractivity contribution >= 4 is 26.6 Å². The van der Waals surface area contributed by atoms with E-state index in [2.05, 4.69) is 57.7 Å². The van der Waals surface area contributed by atoms with Gasteiger partial charge in [-0.05, 0) is 42.6 Å². The number of halogens is 1. The number of carbonyl (C=O) groups excluding carboxylic acids is 1. The summed E-state index contributed by atoms with van der Waals surface area (Å²) in [6.07, 6.45) is 0.871. The molecule has 2 aromatic rings. The third-order valence-electron chi connectivity index (χ3n) is 5.36. The van der Waals surface area contributed by atoms with E-state index >= 15 is 0 Å². The molecule has 0 spiro atoms. The fourth-order valence-electron chi connectivity index (χ4n) is 3.53. The van der Waals surface area contributed by atoms with E-state index in [1.165, 1.54) is 7.11 Å². The lowest BCUT2D eigenvalue weighted by Gasteiger charge is -2.38. The number of imidazole rings is 1. The molecule has 166 valence electrons. The van der Waals surface area contributed by atoms with Crippen LogP contribution in [0.2, 0.25) is 18.2 Å². The van der Waals surface area contributed by atoms with Crippen LogP contribution in [0.15, 0.2) is 24.3 Å². The Hall–Kier alpha value is -1.63. The Bertz CT molecular complexity index is 843. The van der Waals surface area contributed by atoms with Crippen LogP contribution in [0, 0.1) is 5.41 Å². The van der Waals surface area contributed by atoms with Crippen molar-refractivity contribution in [1.29, 1.82) is 0 Å². The SMILES string of the molecule is CCC(C)c1nc(Cl)c(C(c2ccc(C(=O)OC)cc2)C(O[SiH](C)C)C(C)(C)C)[nH]1. The van der Waals surface area contributed by atoms with Crippen molar-refractivity contribution in [2.45, 2.75) is 72.1 Å². The van der Waals surface area contributed by atoms with Gasteiger partial charge in [0.15, 0.2) is 14.2 Å². The molecule has 1 N–H and O–H groups in total. The Morgan fingerprint density at radius 3 is 2.30 bits per heavy atom. The number of H-pyrrole nitrogens is 1. The monoisotopic (exact) mass is 450 g/mol. The number of ether oxygens (including phenoxy) is 1. The van der Waals surface area contributed by atoms with Crippen molar-refractivity contribution in [3.8, 4) is 0 Å². The minimum atomic E-state index is -1.35. The fraction of sp³-hybridized carbons (Fsp3) is 0.565. The second-order valence-electron chi connectivity index (χ2n) is 9.20. The summed E-state index contributed by atoms with van der Waals surface area (Å²) in [5.74, 6) is 0.689. The van der Waals surface area contributed by atoms with E-state index in [9.17, 15) is 4.79 Å². The average molecular weight is 451 g/mol. The van der Waals surface area contributed by atoms with Crippen LogP contribution < -0.4 is 0 Å². The number of rotatable bonds is 8. The van der Waals surface area contributed by atoms with Crippen LogP contribution in [0.5, 0.6) is 0 Å². The minimum absolute atomic E-state index is 0.101. The van der Waals surface area contributed by atoms with Crippen LogP contribution in [-0.2, 0) is 9.16 Å².